The van der Waals surface area contributed by atoms with Crippen molar-refractivity contribution in [3.05, 3.63) is 86.5 Å². The fraction of sp³-hybridized carbons (Fsp3) is 0.0909. The summed E-state index contributed by atoms with van der Waals surface area (Å²) in [6.07, 6.45) is 2.56. The molecular weight excluding hydrogens is 435 g/mol. The van der Waals surface area contributed by atoms with E-state index in [4.69, 9.17) is 4.99 Å². The van der Waals surface area contributed by atoms with Crippen LogP contribution in [0.15, 0.2) is 70.6 Å². The van der Waals surface area contributed by atoms with E-state index in [0.717, 1.165) is 43.8 Å². The van der Waals surface area contributed by atoms with Gasteiger partial charge in [-0.15, -0.1) is 0 Å². The number of fused-ring (bicyclic) bond motifs is 1. The quantitative estimate of drug-likeness (QED) is 0.400. The second-order valence-electron chi connectivity index (χ2n) is 6.36. The summed E-state index contributed by atoms with van der Waals surface area (Å²) < 4.78 is 0.829. The van der Waals surface area contributed by atoms with Crippen molar-refractivity contribution in [2.24, 2.45) is 9.98 Å². The van der Waals surface area contributed by atoms with E-state index in [-0.39, 0.29) is 5.75 Å². The van der Waals surface area contributed by atoms with Gasteiger partial charge in [0.25, 0.3) is 0 Å². The van der Waals surface area contributed by atoms with E-state index in [1.807, 2.05) is 49.4 Å². The van der Waals surface area contributed by atoms with Gasteiger partial charge in [0.1, 0.15) is 5.75 Å². The molecule has 128 valence electrons. The largest absolute Gasteiger partial charge is 0.506 e. The summed E-state index contributed by atoms with van der Waals surface area (Å²) in [6.45, 7) is 2.01. The average molecular weight is 452 g/mol. The van der Waals surface area contributed by atoms with Crippen molar-refractivity contribution in [3.8, 4) is 5.75 Å². The molecule has 0 bridgehead atoms. The second kappa shape index (κ2) is 7.03. The molecule has 0 amide bonds. The summed E-state index contributed by atoms with van der Waals surface area (Å²) in [6, 6.07) is 20.2. The van der Waals surface area contributed by atoms with Crippen molar-refractivity contribution in [1.82, 2.24) is 0 Å². The number of benzene rings is 3. The highest BCUT2D eigenvalue weighted by Crippen LogP contribution is 2.33. The van der Waals surface area contributed by atoms with Gasteiger partial charge in [-0.25, -0.2) is 0 Å². The van der Waals surface area contributed by atoms with Crippen molar-refractivity contribution >= 4 is 45.9 Å². The van der Waals surface area contributed by atoms with Crippen LogP contribution in [0, 0.1) is 10.5 Å². The third-order valence-electron chi connectivity index (χ3n) is 4.38. The van der Waals surface area contributed by atoms with Gasteiger partial charge in [0.15, 0.2) is 0 Å². The van der Waals surface area contributed by atoms with Crippen molar-refractivity contribution in [2.45, 2.75) is 13.3 Å². The lowest BCUT2D eigenvalue weighted by atomic mass is 10.0. The number of aromatic hydroxyl groups is 1. The molecule has 0 aromatic heterocycles. The molecule has 0 fully saturated rings. The number of rotatable bonds is 3. The standard InChI is InChI=1S/C22H17IN2O/c1-14-9-17(22(26)19(23)10-14)13-24-18-8-7-16-11-20(25-21(16)12-18)15-5-3-2-4-6-15/h2-10,12-13,26H,11H2,1H3. The SMILES string of the molecule is Cc1cc(I)c(O)c(C=Nc2ccc3c(c2)N=C(c2ccccc2)C3)c1. The van der Waals surface area contributed by atoms with Crippen LogP contribution >= 0.6 is 22.6 Å². The first kappa shape index (κ1) is 17.0. The zero-order chi connectivity index (χ0) is 18.1. The minimum absolute atomic E-state index is 0.269. The van der Waals surface area contributed by atoms with Gasteiger partial charge in [0.2, 0.25) is 0 Å². The Morgan fingerprint density at radius 3 is 2.69 bits per heavy atom. The number of halogens is 1. The predicted octanol–water partition coefficient (Wildman–Crippen LogP) is 5.73. The Balaban J connectivity index is 1.62. The van der Waals surface area contributed by atoms with E-state index < -0.39 is 0 Å². The number of nitrogens with zero attached hydrogens (tertiary/aromatic N) is 2. The zero-order valence-corrected chi connectivity index (χ0v) is 16.4. The Labute approximate surface area is 166 Å². The molecule has 4 heteroatoms. The normalized spacial score (nSPS) is 13.1. The Morgan fingerprint density at radius 1 is 1.08 bits per heavy atom. The van der Waals surface area contributed by atoms with Crippen molar-refractivity contribution in [1.29, 1.82) is 0 Å². The lowest BCUT2D eigenvalue weighted by Crippen LogP contribution is -1.99. The molecule has 0 unspecified atom stereocenters. The Morgan fingerprint density at radius 2 is 1.88 bits per heavy atom. The van der Waals surface area contributed by atoms with E-state index in [1.54, 1.807) is 6.21 Å². The highest BCUT2D eigenvalue weighted by Gasteiger charge is 2.16. The molecule has 0 radical (unpaired) electrons. The van der Waals surface area contributed by atoms with Gasteiger partial charge in [-0.1, -0.05) is 36.4 Å². The van der Waals surface area contributed by atoms with Gasteiger partial charge in [-0.3, -0.25) is 9.98 Å². The Bertz CT molecular complexity index is 1040. The smallest absolute Gasteiger partial charge is 0.137 e. The van der Waals surface area contributed by atoms with Crippen LogP contribution < -0.4 is 0 Å². The zero-order valence-electron chi connectivity index (χ0n) is 14.3. The first-order valence-corrected chi connectivity index (χ1v) is 9.47. The van der Waals surface area contributed by atoms with E-state index in [1.165, 1.54) is 5.56 Å². The van der Waals surface area contributed by atoms with Crippen molar-refractivity contribution < 1.29 is 5.11 Å². The van der Waals surface area contributed by atoms with Gasteiger partial charge in [0.05, 0.1) is 20.7 Å². The Hall–Kier alpha value is -2.47. The molecule has 0 saturated heterocycles. The molecule has 3 aromatic carbocycles. The number of phenolic OH excluding ortho intramolecular Hbond substituents is 1. The molecule has 1 aliphatic rings. The number of hydrogen-bond acceptors (Lipinski definition) is 3. The lowest BCUT2D eigenvalue weighted by molar-refractivity contribution is 0.470. The highest BCUT2D eigenvalue weighted by atomic mass is 127. The molecule has 1 aliphatic heterocycles. The molecule has 1 heterocycles. The minimum Gasteiger partial charge on any atom is -0.506 e. The number of aryl methyl sites for hydroxylation is 1. The van der Waals surface area contributed by atoms with Crippen LogP contribution in [0.5, 0.6) is 5.75 Å². The first-order chi connectivity index (χ1) is 12.6. The van der Waals surface area contributed by atoms with Crippen LogP contribution in [0.4, 0.5) is 11.4 Å². The Kier molecular flexibility index (Phi) is 4.59. The predicted molar refractivity (Wildman–Crippen MR) is 116 cm³/mol. The van der Waals surface area contributed by atoms with Crippen LogP contribution in [0.3, 0.4) is 0 Å². The lowest BCUT2D eigenvalue weighted by Gasteiger charge is -2.04. The van der Waals surface area contributed by atoms with Crippen LogP contribution in [0.1, 0.15) is 22.3 Å². The fourth-order valence-corrected chi connectivity index (χ4v) is 3.86. The van der Waals surface area contributed by atoms with E-state index in [0.29, 0.717) is 0 Å². The summed E-state index contributed by atoms with van der Waals surface area (Å²) in [4.78, 5) is 9.31. The molecule has 0 atom stereocenters. The fourth-order valence-electron chi connectivity index (χ4n) is 3.05. The van der Waals surface area contributed by atoms with Gasteiger partial charge >= 0.3 is 0 Å². The van der Waals surface area contributed by atoms with Gasteiger partial charge in [-0.05, 0) is 70.5 Å². The minimum atomic E-state index is 0.269. The van der Waals surface area contributed by atoms with E-state index >= 15 is 0 Å². The highest BCUT2D eigenvalue weighted by molar-refractivity contribution is 14.1. The van der Waals surface area contributed by atoms with E-state index in [9.17, 15) is 5.11 Å². The van der Waals surface area contributed by atoms with Gasteiger partial charge in [-0.2, -0.15) is 0 Å². The molecule has 1 N–H and O–H groups in total. The molecule has 26 heavy (non-hydrogen) atoms. The molecular formula is C22H17IN2O. The molecule has 0 aliphatic carbocycles. The summed E-state index contributed by atoms with van der Waals surface area (Å²) in [7, 11) is 0. The second-order valence-corrected chi connectivity index (χ2v) is 7.52. The summed E-state index contributed by atoms with van der Waals surface area (Å²) in [5.74, 6) is 0.269. The molecule has 0 spiro atoms. The molecule has 3 nitrogen and oxygen atoms in total. The third-order valence-corrected chi connectivity index (χ3v) is 5.20. The molecule has 0 saturated carbocycles. The van der Waals surface area contributed by atoms with Crippen LogP contribution in [0.25, 0.3) is 0 Å². The van der Waals surface area contributed by atoms with Gasteiger partial charge < -0.3 is 5.11 Å². The van der Waals surface area contributed by atoms with E-state index in [2.05, 4.69) is 45.8 Å². The van der Waals surface area contributed by atoms with Crippen LogP contribution in [-0.4, -0.2) is 17.0 Å². The first-order valence-electron chi connectivity index (χ1n) is 8.39. The third kappa shape index (κ3) is 3.42. The van der Waals surface area contributed by atoms with Crippen LogP contribution in [0.2, 0.25) is 0 Å². The maximum atomic E-state index is 10.2. The van der Waals surface area contributed by atoms with Gasteiger partial charge in [0, 0.05) is 18.2 Å². The summed E-state index contributed by atoms with van der Waals surface area (Å²) in [5, 5.41) is 10.2. The number of phenols is 1. The molecule has 3 aromatic rings. The number of aliphatic imine (C=N–C) groups is 2. The van der Waals surface area contributed by atoms with Crippen LogP contribution in [-0.2, 0) is 6.42 Å². The maximum absolute atomic E-state index is 10.2. The monoisotopic (exact) mass is 452 g/mol. The van der Waals surface area contributed by atoms with Crippen molar-refractivity contribution in [2.75, 3.05) is 0 Å². The topological polar surface area (TPSA) is 45.0 Å². The average Bonchev–Trinajstić information content (AvgIpc) is 3.07. The van der Waals surface area contributed by atoms with Crippen molar-refractivity contribution in [3.63, 3.8) is 0 Å². The summed E-state index contributed by atoms with van der Waals surface area (Å²) >= 11 is 2.13. The number of hydrogen-bond donors (Lipinski definition) is 1. The maximum Gasteiger partial charge on any atom is 0.137 e. The summed E-state index contributed by atoms with van der Waals surface area (Å²) in [5.41, 5.74) is 7.10. The molecule has 4 rings (SSSR count).